The Balaban J connectivity index is 2.84. The van der Waals surface area contributed by atoms with Gasteiger partial charge in [-0.1, -0.05) is 19.4 Å². The first-order valence-electron chi connectivity index (χ1n) is 5.66. The van der Waals surface area contributed by atoms with Gasteiger partial charge in [0.15, 0.2) is 0 Å². The van der Waals surface area contributed by atoms with Crippen molar-refractivity contribution in [2.45, 2.75) is 33.6 Å². The molecule has 0 aliphatic rings. The molecule has 1 nitrogen and oxygen atoms in total. The second kappa shape index (κ2) is 6.21. The molecule has 1 aromatic carbocycles. The number of rotatable bonds is 4. The molecule has 0 fully saturated rings. The molecule has 0 aliphatic carbocycles. The molecule has 86 valence electrons. The second-order valence-corrected chi connectivity index (χ2v) is 3.74. The van der Waals surface area contributed by atoms with Crippen molar-refractivity contribution in [2.75, 3.05) is 0 Å². The van der Waals surface area contributed by atoms with Gasteiger partial charge in [0, 0.05) is 5.71 Å². The van der Waals surface area contributed by atoms with Crippen LogP contribution in [-0.4, -0.2) is 5.71 Å². The molecule has 0 aliphatic heterocycles. The van der Waals surface area contributed by atoms with Crippen LogP contribution in [0, 0.1) is 5.82 Å². The molecule has 1 rings (SSSR count). The van der Waals surface area contributed by atoms with Gasteiger partial charge < -0.3 is 0 Å². The number of benzene rings is 1. The highest BCUT2D eigenvalue weighted by Gasteiger charge is 1.94. The van der Waals surface area contributed by atoms with Crippen molar-refractivity contribution in [3.8, 4) is 0 Å². The SMILES string of the molecule is CCC(=CC(C)=Nc1ccc(F)cc1)CC. The summed E-state index contributed by atoms with van der Waals surface area (Å²) in [6.45, 7) is 6.25. The first-order chi connectivity index (χ1) is 7.65. The molecule has 0 amide bonds. The Labute approximate surface area is 96.7 Å². The lowest BCUT2D eigenvalue weighted by Gasteiger charge is -2.00. The summed E-state index contributed by atoms with van der Waals surface area (Å²) in [6.07, 6.45) is 4.20. The number of allylic oxidation sites excluding steroid dienone is 2. The summed E-state index contributed by atoms with van der Waals surface area (Å²) in [7, 11) is 0. The summed E-state index contributed by atoms with van der Waals surface area (Å²) in [5.74, 6) is -0.227. The molecule has 0 saturated carbocycles. The van der Waals surface area contributed by atoms with Gasteiger partial charge in [-0.3, -0.25) is 4.99 Å². The molecule has 16 heavy (non-hydrogen) atoms. The van der Waals surface area contributed by atoms with E-state index in [9.17, 15) is 4.39 Å². The highest BCUT2D eigenvalue weighted by Crippen LogP contribution is 2.14. The summed E-state index contributed by atoms with van der Waals surface area (Å²) in [4.78, 5) is 4.41. The van der Waals surface area contributed by atoms with E-state index in [-0.39, 0.29) is 5.82 Å². The molecule has 2 heteroatoms. The normalized spacial score (nSPS) is 11.4. The van der Waals surface area contributed by atoms with E-state index in [0.717, 1.165) is 24.2 Å². The predicted octanol–water partition coefficient (Wildman–Crippen LogP) is 4.66. The molecule has 0 heterocycles. The van der Waals surface area contributed by atoms with Crippen molar-refractivity contribution in [1.29, 1.82) is 0 Å². The lowest BCUT2D eigenvalue weighted by Crippen LogP contribution is -1.88. The first kappa shape index (κ1) is 12.6. The Morgan fingerprint density at radius 1 is 1.19 bits per heavy atom. The van der Waals surface area contributed by atoms with Crippen LogP contribution in [0.5, 0.6) is 0 Å². The molecule has 0 N–H and O–H groups in total. The summed E-state index contributed by atoms with van der Waals surface area (Å²) in [6, 6.07) is 6.22. The lowest BCUT2D eigenvalue weighted by atomic mass is 10.1. The maximum absolute atomic E-state index is 12.7. The van der Waals surface area contributed by atoms with E-state index in [0.29, 0.717) is 0 Å². The van der Waals surface area contributed by atoms with E-state index in [1.54, 1.807) is 12.1 Å². The van der Waals surface area contributed by atoms with Gasteiger partial charge >= 0.3 is 0 Å². The molecular weight excluding hydrogens is 201 g/mol. The van der Waals surface area contributed by atoms with Crippen LogP contribution in [0.3, 0.4) is 0 Å². The fraction of sp³-hybridized carbons (Fsp3) is 0.357. The molecule has 0 saturated heterocycles. The standard InChI is InChI=1S/C14H18FN/c1-4-12(5-2)10-11(3)16-14-8-6-13(15)7-9-14/h6-10H,4-5H2,1-3H3. The number of hydrogen-bond acceptors (Lipinski definition) is 1. The van der Waals surface area contributed by atoms with Crippen LogP contribution in [0.15, 0.2) is 40.9 Å². The van der Waals surface area contributed by atoms with Crippen molar-refractivity contribution in [3.63, 3.8) is 0 Å². The third-order valence-corrected chi connectivity index (χ3v) is 2.45. The van der Waals surface area contributed by atoms with Crippen LogP contribution < -0.4 is 0 Å². The largest absolute Gasteiger partial charge is 0.254 e. The van der Waals surface area contributed by atoms with Gasteiger partial charge in [-0.15, -0.1) is 0 Å². The van der Waals surface area contributed by atoms with Crippen molar-refractivity contribution in [2.24, 2.45) is 4.99 Å². The van der Waals surface area contributed by atoms with Crippen LogP contribution in [-0.2, 0) is 0 Å². The average Bonchev–Trinajstić information content (AvgIpc) is 2.29. The highest BCUT2D eigenvalue weighted by molar-refractivity contribution is 5.95. The van der Waals surface area contributed by atoms with Gasteiger partial charge in [0.2, 0.25) is 0 Å². The van der Waals surface area contributed by atoms with E-state index in [4.69, 9.17) is 0 Å². The van der Waals surface area contributed by atoms with Crippen molar-refractivity contribution in [3.05, 3.63) is 41.7 Å². The Bertz CT molecular complexity index is 382. The highest BCUT2D eigenvalue weighted by atomic mass is 19.1. The lowest BCUT2D eigenvalue weighted by molar-refractivity contribution is 0.628. The maximum Gasteiger partial charge on any atom is 0.123 e. The number of hydrogen-bond donors (Lipinski definition) is 0. The monoisotopic (exact) mass is 219 g/mol. The zero-order chi connectivity index (χ0) is 12.0. The van der Waals surface area contributed by atoms with Gasteiger partial charge in [-0.05, 0) is 50.1 Å². The van der Waals surface area contributed by atoms with Crippen LogP contribution in [0.1, 0.15) is 33.6 Å². The van der Waals surface area contributed by atoms with E-state index in [1.165, 1.54) is 17.7 Å². The van der Waals surface area contributed by atoms with Crippen LogP contribution in [0.4, 0.5) is 10.1 Å². The summed E-state index contributed by atoms with van der Waals surface area (Å²) in [5.41, 5.74) is 3.13. The second-order valence-electron chi connectivity index (χ2n) is 3.74. The van der Waals surface area contributed by atoms with Crippen LogP contribution in [0.2, 0.25) is 0 Å². The minimum absolute atomic E-state index is 0.227. The summed E-state index contributed by atoms with van der Waals surface area (Å²) < 4.78 is 12.7. The Morgan fingerprint density at radius 3 is 2.25 bits per heavy atom. The Morgan fingerprint density at radius 2 is 1.75 bits per heavy atom. The van der Waals surface area contributed by atoms with Gasteiger partial charge in [-0.2, -0.15) is 0 Å². The maximum atomic E-state index is 12.7. The third-order valence-electron chi connectivity index (χ3n) is 2.45. The van der Waals surface area contributed by atoms with Crippen LogP contribution in [0.25, 0.3) is 0 Å². The third kappa shape index (κ3) is 3.97. The molecule has 0 radical (unpaired) electrons. The smallest absolute Gasteiger partial charge is 0.123 e. The van der Waals surface area contributed by atoms with E-state index in [1.807, 2.05) is 6.92 Å². The summed E-state index contributed by atoms with van der Waals surface area (Å²) >= 11 is 0. The zero-order valence-electron chi connectivity index (χ0n) is 10.1. The zero-order valence-corrected chi connectivity index (χ0v) is 10.1. The number of halogens is 1. The van der Waals surface area contributed by atoms with Gasteiger partial charge in [0.1, 0.15) is 5.82 Å². The number of aliphatic imine (C=N–C) groups is 1. The average molecular weight is 219 g/mol. The Kier molecular flexibility index (Phi) is 4.90. The fourth-order valence-corrected chi connectivity index (χ4v) is 1.50. The van der Waals surface area contributed by atoms with Gasteiger partial charge in [-0.25, -0.2) is 4.39 Å². The molecule has 0 unspecified atom stereocenters. The predicted molar refractivity (Wildman–Crippen MR) is 67.8 cm³/mol. The first-order valence-corrected chi connectivity index (χ1v) is 5.66. The molecule has 0 bridgehead atoms. The fourth-order valence-electron chi connectivity index (χ4n) is 1.50. The molecule has 1 aromatic rings. The van der Waals surface area contributed by atoms with Gasteiger partial charge in [0.25, 0.3) is 0 Å². The minimum Gasteiger partial charge on any atom is -0.254 e. The van der Waals surface area contributed by atoms with Crippen molar-refractivity contribution >= 4 is 11.4 Å². The minimum atomic E-state index is -0.227. The van der Waals surface area contributed by atoms with E-state index < -0.39 is 0 Å². The number of nitrogens with zero attached hydrogens (tertiary/aromatic N) is 1. The quantitative estimate of drug-likeness (QED) is 0.653. The van der Waals surface area contributed by atoms with E-state index >= 15 is 0 Å². The molecule has 0 atom stereocenters. The molecular formula is C14H18FN. The van der Waals surface area contributed by atoms with Crippen LogP contribution >= 0.6 is 0 Å². The van der Waals surface area contributed by atoms with Gasteiger partial charge in [0.05, 0.1) is 5.69 Å². The summed E-state index contributed by atoms with van der Waals surface area (Å²) in [5, 5.41) is 0. The molecule has 0 aromatic heterocycles. The molecule has 0 spiro atoms. The Hall–Kier alpha value is -1.44. The van der Waals surface area contributed by atoms with E-state index in [2.05, 4.69) is 24.9 Å². The topological polar surface area (TPSA) is 12.4 Å². The van der Waals surface area contributed by atoms with Crippen molar-refractivity contribution < 1.29 is 4.39 Å². The van der Waals surface area contributed by atoms with Crippen molar-refractivity contribution in [1.82, 2.24) is 0 Å².